The fourth-order valence-corrected chi connectivity index (χ4v) is 5.96. The molecule has 0 aliphatic carbocycles. The van der Waals surface area contributed by atoms with E-state index in [4.69, 9.17) is 9.16 Å². The van der Waals surface area contributed by atoms with Crippen molar-refractivity contribution in [3.63, 3.8) is 0 Å². The van der Waals surface area contributed by atoms with Crippen molar-refractivity contribution in [1.29, 1.82) is 0 Å². The lowest BCUT2D eigenvalue weighted by atomic mass is 10.1. The number of carbonyl (C=O) groups is 3. The number of hydrogen-bond donors (Lipinski definition) is 2. The number of ether oxygens (including phenoxy) is 1. The van der Waals surface area contributed by atoms with Crippen molar-refractivity contribution in [3.8, 4) is 0 Å². The van der Waals surface area contributed by atoms with Crippen LogP contribution in [0.25, 0.3) is 5.70 Å². The van der Waals surface area contributed by atoms with Crippen LogP contribution < -0.4 is 10.6 Å². The Balaban J connectivity index is 2.31. The first-order valence-corrected chi connectivity index (χ1v) is 16.3. The smallest absolute Gasteiger partial charge is 0.357 e. The van der Waals surface area contributed by atoms with Gasteiger partial charge in [-0.3, -0.25) is 9.59 Å². The number of allylic oxidation sites excluding steroid dienone is 1. The maximum Gasteiger partial charge on any atom is 0.357 e. The molecule has 2 aromatic heterocycles. The lowest BCUT2D eigenvalue weighted by Gasteiger charge is -2.40. The third-order valence-corrected chi connectivity index (χ3v) is 12.5. The molecule has 0 unspecified atom stereocenters. The fraction of sp³-hybridized carbons (Fsp3) is 0.500. The highest BCUT2D eigenvalue weighted by Crippen LogP contribution is 2.37. The number of amides is 2. The first-order valence-electron chi connectivity index (χ1n) is 10.8. The molecule has 9 nitrogen and oxygen atoms in total. The van der Waals surface area contributed by atoms with Crippen molar-refractivity contribution >= 4 is 70.4 Å². The Kier molecular flexibility index (Phi) is 9.93. The average molecular weight is 604 g/mol. The molecule has 0 aliphatic rings. The van der Waals surface area contributed by atoms with Gasteiger partial charge in [-0.15, -0.1) is 22.7 Å². The molecule has 35 heavy (non-hydrogen) atoms. The van der Waals surface area contributed by atoms with Gasteiger partial charge in [0.2, 0.25) is 5.91 Å². The quantitative estimate of drug-likeness (QED) is 0.311. The van der Waals surface area contributed by atoms with E-state index in [0.29, 0.717) is 14.6 Å². The zero-order valence-electron chi connectivity index (χ0n) is 21.0. The largest absolute Gasteiger partial charge is 0.464 e. The molecule has 2 aromatic rings. The Hall–Kier alpha value is -1.93. The summed E-state index contributed by atoms with van der Waals surface area (Å²) in [6, 6.07) is -1.01. The van der Waals surface area contributed by atoms with Gasteiger partial charge in [0.1, 0.15) is 16.7 Å². The number of esters is 1. The average Bonchev–Trinajstić information content (AvgIpc) is 3.43. The standard InChI is InChI=1S/C22H31BrN4O5S2Si/c1-9-13(19-25-15(11-33-19)20(30)31-6)24-18(29)16(12(2)32-35(7,8)22(3,4)5)27-17(28)14-10-34-21(23)26-14/h9-12,16H,1-8H3,(H,24,29)(H,27,28)/b13-9-/t12-,16+/m1/s1. The summed E-state index contributed by atoms with van der Waals surface area (Å²) < 4.78 is 11.7. The van der Waals surface area contributed by atoms with E-state index in [0.717, 1.165) is 0 Å². The van der Waals surface area contributed by atoms with Crippen LogP contribution in [0.4, 0.5) is 0 Å². The van der Waals surface area contributed by atoms with Gasteiger partial charge in [-0.1, -0.05) is 26.8 Å². The number of nitrogens with zero attached hydrogens (tertiary/aromatic N) is 2. The number of nitrogens with one attached hydrogen (secondary N) is 2. The molecule has 0 aliphatic heterocycles. The van der Waals surface area contributed by atoms with Gasteiger partial charge in [0.05, 0.1) is 18.9 Å². The Morgan fingerprint density at radius 2 is 1.77 bits per heavy atom. The van der Waals surface area contributed by atoms with Gasteiger partial charge in [-0.2, -0.15) is 0 Å². The van der Waals surface area contributed by atoms with Crippen LogP contribution in [-0.4, -0.2) is 55.3 Å². The molecule has 2 rings (SSSR count). The van der Waals surface area contributed by atoms with Crippen molar-refractivity contribution < 1.29 is 23.5 Å². The maximum absolute atomic E-state index is 13.5. The van der Waals surface area contributed by atoms with E-state index < -0.39 is 38.2 Å². The van der Waals surface area contributed by atoms with Crippen LogP contribution >= 0.6 is 38.6 Å². The van der Waals surface area contributed by atoms with Crippen LogP contribution in [0.3, 0.4) is 0 Å². The lowest BCUT2D eigenvalue weighted by molar-refractivity contribution is -0.123. The van der Waals surface area contributed by atoms with Gasteiger partial charge in [-0.25, -0.2) is 14.8 Å². The molecule has 0 saturated carbocycles. The predicted octanol–water partition coefficient (Wildman–Crippen LogP) is 4.83. The number of rotatable bonds is 9. The summed E-state index contributed by atoms with van der Waals surface area (Å²) in [4.78, 5) is 46.5. The van der Waals surface area contributed by atoms with E-state index in [1.807, 2.05) is 0 Å². The van der Waals surface area contributed by atoms with Crippen LogP contribution in [0.2, 0.25) is 18.1 Å². The van der Waals surface area contributed by atoms with E-state index in [1.165, 1.54) is 29.8 Å². The molecule has 192 valence electrons. The molecular formula is C22H31BrN4O5S2Si. The Morgan fingerprint density at radius 3 is 2.29 bits per heavy atom. The summed E-state index contributed by atoms with van der Waals surface area (Å²) in [7, 11) is -0.982. The molecule has 0 aromatic carbocycles. The van der Waals surface area contributed by atoms with Gasteiger partial charge >= 0.3 is 5.97 Å². The molecule has 0 spiro atoms. The summed E-state index contributed by atoms with van der Waals surface area (Å²) in [5.41, 5.74) is 0.758. The second kappa shape index (κ2) is 11.9. The fourth-order valence-electron chi connectivity index (χ4n) is 2.73. The Morgan fingerprint density at radius 1 is 1.14 bits per heavy atom. The zero-order valence-corrected chi connectivity index (χ0v) is 25.2. The van der Waals surface area contributed by atoms with Crippen molar-refractivity contribution in [3.05, 3.63) is 37.1 Å². The number of methoxy groups -OCH3 is 1. The summed E-state index contributed by atoms with van der Waals surface area (Å²) >= 11 is 5.72. The normalized spacial score (nSPS) is 14.3. The van der Waals surface area contributed by atoms with Crippen LogP contribution in [0, 0.1) is 0 Å². The molecule has 2 atom stereocenters. The highest BCUT2D eigenvalue weighted by molar-refractivity contribution is 9.11. The van der Waals surface area contributed by atoms with Gasteiger partial charge in [0.15, 0.2) is 17.9 Å². The highest BCUT2D eigenvalue weighted by Gasteiger charge is 2.41. The van der Waals surface area contributed by atoms with E-state index in [1.54, 1.807) is 30.7 Å². The number of hydrogen-bond acceptors (Lipinski definition) is 9. The number of thiazole rings is 2. The van der Waals surface area contributed by atoms with Crippen molar-refractivity contribution in [2.24, 2.45) is 0 Å². The first kappa shape index (κ1) is 29.3. The SMILES string of the molecule is C/C=C(\NC(=O)[C@@H](NC(=O)c1csc(Br)n1)[C@@H](C)O[Si](C)(C)C(C)(C)C)c1nc(C(=O)OC)cs1. The molecule has 2 amide bonds. The molecule has 0 fully saturated rings. The van der Waals surface area contributed by atoms with Crippen molar-refractivity contribution in [2.75, 3.05) is 7.11 Å². The molecule has 13 heteroatoms. The molecular weight excluding hydrogens is 572 g/mol. The minimum atomic E-state index is -2.26. The van der Waals surface area contributed by atoms with Crippen LogP contribution in [-0.2, 0) is 14.0 Å². The van der Waals surface area contributed by atoms with Crippen LogP contribution in [0.15, 0.2) is 20.8 Å². The molecule has 2 heterocycles. The van der Waals surface area contributed by atoms with Gasteiger partial charge in [0.25, 0.3) is 5.91 Å². The summed E-state index contributed by atoms with van der Waals surface area (Å²) in [5.74, 6) is -1.52. The number of halogens is 1. The predicted molar refractivity (Wildman–Crippen MR) is 144 cm³/mol. The van der Waals surface area contributed by atoms with E-state index in [-0.39, 0.29) is 16.4 Å². The Bertz CT molecular complexity index is 1110. The Labute approximate surface area is 223 Å². The molecule has 2 N–H and O–H groups in total. The second-order valence-electron chi connectivity index (χ2n) is 9.24. The van der Waals surface area contributed by atoms with E-state index >= 15 is 0 Å². The van der Waals surface area contributed by atoms with Gasteiger partial charge in [-0.05, 0) is 47.9 Å². The van der Waals surface area contributed by atoms with Crippen LogP contribution in [0.5, 0.6) is 0 Å². The minimum Gasteiger partial charge on any atom is -0.464 e. The van der Waals surface area contributed by atoms with Gasteiger partial charge in [0, 0.05) is 10.8 Å². The maximum atomic E-state index is 13.5. The molecule has 0 radical (unpaired) electrons. The second-order valence-corrected chi connectivity index (χ2v) is 17.0. The lowest BCUT2D eigenvalue weighted by Crippen LogP contribution is -2.56. The van der Waals surface area contributed by atoms with Crippen LogP contribution in [0.1, 0.15) is 60.6 Å². The van der Waals surface area contributed by atoms with E-state index in [2.05, 4.69) is 70.4 Å². The zero-order chi connectivity index (χ0) is 26.6. The molecule has 0 saturated heterocycles. The highest BCUT2D eigenvalue weighted by atomic mass is 79.9. The van der Waals surface area contributed by atoms with Gasteiger partial charge < -0.3 is 19.8 Å². The summed E-state index contributed by atoms with van der Waals surface area (Å²) in [5, 5.41) is 9.12. The topological polar surface area (TPSA) is 120 Å². The summed E-state index contributed by atoms with van der Waals surface area (Å²) in [6.45, 7) is 14.0. The number of carbonyl (C=O) groups excluding carboxylic acids is 3. The first-order chi connectivity index (χ1) is 16.2. The summed E-state index contributed by atoms with van der Waals surface area (Å²) in [6.07, 6.45) is 1.05. The van der Waals surface area contributed by atoms with Crippen molar-refractivity contribution in [1.82, 2.24) is 20.6 Å². The third-order valence-electron chi connectivity index (χ3n) is 5.71. The third kappa shape index (κ3) is 7.53. The minimum absolute atomic E-state index is 0.0915. The monoisotopic (exact) mass is 602 g/mol. The molecule has 0 bridgehead atoms. The number of aromatic nitrogens is 2. The van der Waals surface area contributed by atoms with E-state index in [9.17, 15) is 14.4 Å². The van der Waals surface area contributed by atoms with Crippen molar-refractivity contribution in [2.45, 2.75) is 64.9 Å².